The Labute approximate surface area is 158 Å². The van der Waals surface area contributed by atoms with Crippen molar-refractivity contribution in [1.82, 2.24) is 20.0 Å². The predicted octanol–water partition coefficient (Wildman–Crippen LogP) is 0.468. The van der Waals surface area contributed by atoms with Gasteiger partial charge < -0.3 is 24.6 Å². The summed E-state index contributed by atoms with van der Waals surface area (Å²) in [4.78, 5) is 12.3. The molecular weight excluding hydrogens is 330 g/mol. The molecule has 0 saturated carbocycles. The average molecular weight is 368 g/mol. The second-order valence-electron chi connectivity index (χ2n) is 7.79. The second-order valence-corrected chi connectivity index (χ2v) is 7.79. The van der Waals surface area contributed by atoms with Crippen molar-refractivity contribution in [1.29, 1.82) is 0 Å². The van der Waals surface area contributed by atoms with Crippen LogP contribution in [0.25, 0.3) is 0 Å². The lowest BCUT2D eigenvalue weighted by atomic mass is 10.1. The molecule has 150 valence electrons. The molecule has 0 aromatic carbocycles. The van der Waals surface area contributed by atoms with E-state index in [4.69, 9.17) is 14.5 Å². The SMILES string of the molecule is CCNC(=NCC(C)N1CCN(C)CC1)N1CCOC(C2CCCO2)C1. The fourth-order valence-electron chi connectivity index (χ4n) is 4.01. The summed E-state index contributed by atoms with van der Waals surface area (Å²) in [6, 6.07) is 0.479. The number of piperazine rings is 1. The van der Waals surface area contributed by atoms with Gasteiger partial charge in [-0.05, 0) is 33.7 Å². The Morgan fingerprint density at radius 3 is 2.58 bits per heavy atom. The van der Waals surface area contributed by atoms with E-state index in [1.165, 1.54) is 0 Å². The molecule has 3 fully saturated rings. The first-order valence-electron chi connectivity index (χ1n) is 10.4. The van der Waals surface area contributed by atoms with Gasteiger partial charge in [0.25, 0.3) is 0 Å². The van der Waals surface area contributed by atoms with Crippen molar-refractivity contribution >= 4 is 5.96 Å². The zero-order chi connectivity index (χ0) is 18.4. The summed E-state index contributed by atoms with van der Waals surface area (Å²) in [5.41, 5.74) is 0. The molecule has 3 aliphatic rings. The van der Waals surface area contributed by atoms with Gasteiger partial charge in [-0.15, -0.1) is 0 Å². The van der Waals surface area contributed by atoms with Crippen molar-refractivity contribution < 1.29 is 9.47 Å². The first-order valence-corrected chi connectivity index (χ1v) is 10.4. The van der Waals surface area contributed by atoms with Crippen LogP contribution in [-0.4, -0.2) is 112 Å². The first-order chi connectivity index (χ1) is 12.7. The van der Waals surface area contributed by atoms with E-state index in [9.17, 15) is 0 Å². The van der Waals surface area contributed by atoms with Crippen LogP contribution in [0.4, 0.5) is 0 Å². The zero-order valence-corrected chi connectivity index (χ0v) is 16.8. The zero-order valence-electron chi connectivity index (χ0n) is 16.8. The highest BCUT2D eigenvalue weighted by Gasteiger charge is 2.32. The first kappa shape index (κ1) is 19.9. The molecule has 3 heterocycles. The molecule has 1 N–H and O–H groups in total. The van der Waals surface area contributed by atoms with Gasteiger partial charge in [0.2, 0.25) is 0 Å². The fraction of sp³-hybridized carbons (Fsp3) is 0.947. The minimum atomic E-state index is 0.171. The molecule has 0 radical (unpaired) electrons. The van der Waals surface area contributed by atoms with Crippen LogP contribution in [-0.2, 0) is 9.47 Å². The smallest absolute Gasteiger partial charge is 0.194 e. The Bertz CT molecular complexity index is 447. The molecule has 0 aromatic heterocycles. The molecular formula is C19H37N5O2. The Hall–Kier alpha value is -0.890. The van der Waals surface area contributed by atoms with Crippen molar-refractivity contribution in [3.05, 3.63) is 0 Å². The third-order valence-electron chi connectivity index (χ3n) is 5.77. The van der Waals surface area contributed by atoms with E-state index in [0.29, 0.717) is 6.04 Å². The normalized spacial score (nSPS) is 30.6. The van der Waals surface area contributed by atoms with Crippen molar-refractivity contribution in [3.63, 3.8) is 0 Å². The molecule has 7 heteroatoms. The van der Waals surface area contributed by atoms with Crippen molar-refractivity contribution in [2.24, 2.45) is 4.99 Å². The largest absolute Gasteiger partial charge is 0.375 e. The van der Waals surface area contributed by atoms with Gasteiger partial charge in [0.15, 0.2) is 5.96 Å². The highest BCUT2D eigenvalue weighted by atomic mass is 16.5. The maximum absolute atomic E-state index is 5.99. The molecule has 0 bridgehead atoms. The lowest BCUT2D eigenvalue weighted by Crippen LogP contribution is -2.54. The van der Waals surface area contributed by atoms with E-state index in [0.717, 1.165) is 84.4 Å². The summed E-state index contributed by atoms with van der Waals surface area (Å²) >= 11 is 0. The number of ether oxygens (including phenoxy) is 2. The van der Waals surface area contributed by atoms with E-state index < -0.39 is 0 Å². The molecule has 26 heavy (non-hydrogen) atoms. The van der Waals surface area contributed by atoms with Crippen LogP contribution < -0.4 is 5.32 Å². The topological polar surface area (TPSA) is 52.6 Å². The van der Waals surface area contributed by atoms with Crippen LogP contribution in [0.2, 0.25) is 0 Å². The summed E-state index contributed by atoms with van der Waals surface area (Å²) in [6.45, 7) is 14.2. The molecule has 0 amide bonds. The molecule has 0 aromatic rings. The molecule has 7 nitrogen and oxygen atoms in total. The number of rotatable bonds is 5. The van der Waals surface area contributed by atoms with E-state index in [1.54, 1.807) is 0 Å². The predicted molar refractivity (Wildman–Crippen MR) is 105 cm³/mol. The molecule has 3 saturated heterocycles. The number of guanidine groups is 1. The molecule has 0 aliphatic carbocycles. The van der Waals surface area contributed by atoms with Gasteiger partial charge in [-0.25, -0.2) is 0 Å². The summed E-state index contributed by atoms with van der Waals surface area (Å²) in [7, 11) is 2.20. The highest BCUT2D eigenvalue weighted by Crippen LogP contribution is 2.21. The van der Waals surface area contributed by atoms with Gasteiger partial charge in [0, 0.05) is 58.5 Å². The average Bonchev–Trinajstić information content (AvgIpc) is 3.20. The van der Waals surface area contributed by atoms with Crippen LogP contribution in [0.3, 0.4) is 0 Å². The van der Waals surface area contributed by atoms with Crippen LogP contribution in [0.5, 0.6) is 0 Å². The van der Waals surface area contributed by atoms with Crippen molar-refractivity contribution in [3.8, 4) is 0 Å². The number of nitrogens with one attached hydrogen (secondary N) is 1. The standard InChI is InChI=1S/C19H37N5O2/c1-4-20-19(21-14-16(2)23-9-7-22(3)8-10-23)24-11-13-26-18(15-24)17-6-5-12-25-17/h16-18H,4-15H2,1-3H3,(H,20,21). The molecule has 3 atom stereocenters. The van der Waals surface area contributed by atoms with Gasteiger partial charge in [-0.1, -0.05) is 0 Å². The van der Waals surface area contributed by atoms with Gasteiger partial charge in [-0.2, -0.15) is 0 Å². The van der Waals surface area contributed by atoms with Gasteiger partial charge >= 0.3 is 0 Å². The quantitative estimate of drug-likeness (QED) is 0.563. The Morgan fingerprint density at radius 1 is 1.12 bits per heavy atom. The van der Waals surface area contributed by atoms with Crippen LogP contribution in [0, 0.1) is 0 Å². The van der Waals surface area contributed by atoms with Gasteiger partial charge in [0.1, 0.15) is 6.10 Å². The maximum atomic E-state index is 5.99. The Balaban J connectivity index is 1.55. The monoisotopic (exact) mass is 367 g/mol. The number of morpholine rings is 1. The Morgan fingerprint density at radius 2 is 1.88 bits per heavy atom. The van der Waals surface area contributed by atoms with E-state index in [2.05, 4.69) is 40.9 Å². The van der Waals surface area contributed by atoms with E-state index in [-0.39, 0.29) is 12.2 Å². The number of aliphatic imine (C=N–C) groups is 1. The number of nitrogens with zero attached hydrogens (tertiary/aromatic N) is 4. The number of hydrogen-bond donors (Lipinski definition) is 1. The summed E-state index contributed by atoms with van der Waals surface area (Å²) in [5.74, 6) is 1.03. The van der Waals surface area contributed by atoms with Crippen LogP contribution in [0.1, 0.15) is 26.7 Å². The molecule has 0 spiro atoms. The van der Waals surface area contributed by atoms with E-state index in [1.807, 2.05) is 0 Å². The van der Waals surface area contributed by atoms with Crippen molar-refractivity contribution in [2.45, 2.75) is 44.9 Å². The Kier molecular flexibility index (Phi) is 7.54. The van der Waals surface area contributed by atoms with E-state index >= 15 is 0 Å². The van der Waals surface area contributed by atoms with Crippen LogP contribution in [0.15, 0.2) is 4.99 Å². The maximum Gasteiger partial charge on any atom is 0.194 e. The van der Waals surface area contributed by atoms with Gasteiger partial charge in [-0.3, -0.25) is 9.89 Å². The van der Waals surface area contributed by atoms with Crippen LogP contribution >= 0.6 is 0 Å². The number of hydrogen-bond acceptors (Lipinski definition) is 5. The molecule has 3 rings (SSSR count). The second kappa shape index (κ2) is 9.88. The fourth-order valence-corrected chi connectivity index (χ4v) is 4.01. The third kappa shape index (κ3) is 5.31. The summed E-state index contributed by atoms with van der Waals surface area (Å²) < 4.78 is 11.8. The van der Waals surface area contributed by atoms with Crippen molar-refractivity contribution in [2.75, 3.05) is 72.6 Å². The number of likely N-dealkylation sites (N-methyl/N-ethyl adjacent to an activating group) is 1. The minimum absolute atomic E-state index is 0.171. The summed E-state index contributed by atoms with van der Waals surface area (Å²) in [5, 5.41) is 3.48. The molecule has 3 aliphatic heterocycles. The van der Waals surface area contributed by atoms with Gasteiger partial charge in [0.05, 0.1) is 19.3 Å². The highest BCUT2D eigenvalue weighted by molar-refractivity contribution is 5.80. The lowest BCUT2D eigenvalue weighted by molar-refractivity contribution is -0.0817. The lowest BCUT2D eigenvalue weighted by Gasteiger charge is -2.38. The third-order valence-corrected chi connectivity index (χ3v) is 5.77. The molecule has 3 unspecified atom stereocenters. The summed E-state index contributed by atoms with van der Waals surface area (Å²) in [6.07, 6.45) is 2.70. The minimum Gasteiger partial charge on any atom is -0.375 e.